The number of ether oxygens (including phenoxy) is 1. The second-order valence-corrected chi connectivity index (χ2v) is 21.6. The van der Waals surface area contributed by atoms with Gasteiger partial charge in [0.1, 0.15) is 17.9 Å². The number of hydrogen-bond acceptors (Lipinski definition) is 11. The van der Waals surface area contributed by atoms with E-state index in [-0.39, 0.29) is 79.5 Å². The van der Waals surface area contributed by atoms with Gasteiger partial charge in [-0.1, -0.05) is 93.9 Å². The number of likely N-dealkylation sites (tertiary alicyclic amines) is 2. The number of thiazole rings is 1. The number of amides is 4. The van der Waals surface area contributed by atoms with E-state index in [1.807, 2.05) is 73.2 Å². The zero-order valence-corrected chi connectivity index (χ0v) is 43.8. The van der Waals surface area contributed by atoms with Gasteiger partial charge in [0.15, 0.2) is 11.6 Å². The van der Waals surface area contributed by atoms with E-state index in [1.54, 1.807) is 29.8 Å². The van der Waals surface area contributed by atoms with E-state index in [0.717, 1.165) is 77.8 Å². The Labute approximate surface area is 435 Å². The minimum absolute atomic E-state index is 0.0159. The first-order valence-corrected chi connectivity index (χ1v) is 26.5. The number of aryl methyl sites for hydroxylation is 1. The van der Waals surface area contributed by atoms with E-state index in [2.05, 4.69) is 25.7 Å². The Kier molecular flexibility index (Phi) is 18.7. The number of nitrogens with zero attached hydrogens (tertiary/aromatic N) is 6. The van der Waals surface area contributed by atoms with Gasteiger partial charge in [-0.05, 0) is 72.9 Å². The lowest BCUT2D eigenvalue weighted by Gasteiger charge is -2.35. The van der Waals surface area contributed by atoms with E-state index in [4.69, 9.17) is 33.7 Å². The molecule has 4 amide bonds. The molecule has 7 rings (SSSR count). The van der Waals surface area contributed by atoms with Crippen LogP contribution in [0.4, 0.5) is 10.2 Å². The molecule has 0 unspecified atom stereocenters. The zero-order chi connectivity index (χ0) is 51.5. The molecule has 2 aliphatic rings. The molecule has 386 valence electrons. The molecule has 5 aromatic rings. The number of carbonyl (C=O) groups is 4. The van der Waals surface area contributed by atoms with Crippen molar-refractivity contribution in [3.63, 3.8) is 0 Å². The summed E-state index contributed by atoms with van der Waals surface area (Å²) >= 11 is 13.9. The molecule has 19 heteroatoms. The maximum absolute atomic E-state index is 14.0. The fourth-order valence-corrected chi connectivity index (χ4v) is 10.7. The smallest absolute Gasteiger partial charge is 0.246 e. The van der Waals surface area contributed by atoms with Gasteiger partial charge in [0.25, 0.3) is 0 Å². The fraction of sp³-hybridized carbons (Fsp3) is 0.491. The number of carbonyl (C=O) groups excluding carboxylic acids is 4. The summed E-state index contributed by atoms with van der Waals surface area (Å²) in [4.78, 5) is 66.9. The van der Waals surface area contributed by atoms with Gasteiger partial charge < -0.3 is 36.0 Å². The molecule has 2 aliphatic heterocycles. The second-order valence-electron chi connectivity index (χ2n) is 19.9. The van der Waals surface area contributed by atoms with Gasteiger partial charge in [0, 0.05) is 80.4 Å². The van der Waals surface area contributed by atoms with Crippen molar-refractivity contribution in [2.45, 2.75) is 136 Å². The van der Waals surface area contributed by atoms with Gasteiger partial charge >= 0.3 is 0 Å². The Bertz CT molecular complexity index is 2670. The summed E-state index contributed by atoms with van der Waals surface area (Å²) in [6.07, 6.45) is 12.4. The number of pyridine rings is 1. The van der Waals surface area contributed by atoms with Crippen molar-refractivity contribution in [1.82, 2.24) is 40.2 Å². The molecule has 2 fully saturated rings. The predicted octanol–water partition coefficient (Wildman–Crippen LogP) is 9.12. The zero-order valence-electron chi connectivity index (χ0n) is 41.5. The third kappa shape index (κ3) is 14.1. The summed E-state index contributed by atoms with van der Waals surface area (Å²) in [6.45, 7) is 9.37. The third-order valence-corrected chi connectivity index (χ3v) is 15.3. The van der Waals surface area contributed by atoms with Crippen molar-refractivity contribution in [2.24, 2.45) is 5.41 Å². The summed E-state index contributed by atoms with van der Waals surface area (Å²) in [6, 6.07) is 10.8. The molecule has 2 aromatic carbocycles. The number of hydrogen-bond donors (Lipinski definition) is 4. The molecule has 72 heavy (non-hydrogen) atoms. The average Bonchev–Trinajstić information content (AvgIpc) is 4.13. The van der Waals surface area contributed by atoms with Crippen LogP contribution in [0.3, 0.4) is 0 Å². The summed E-state index contributed by atoms with van der Waals surface area (Å²) in [5, 5.41) is 21.5. The minimum Gasteiger partial charge on any atom is -0.489 e. The molecule has 15 nitrogen and oxygen atoms in total. The fourth-order valence-electron chi connectivity index (χ4n) is 9.30. The number of aliphatic hydroxyl groups excluding tert-OH is 1. The highest BCUT2D eigenvalue weighted by Gasteiger charge is 2.44. The van der Waals surface area contributed by atoms with Crippen molar-refractivity contribution in [2.75, 3.05) is 32.0 Å². The monoisotopic (exact) mass is 1050 g/mol. The number of nitrogen functional groups attached to an aromatic ring is 1. The van der Waals surface area contributed by atoms with Gasteiger partial charge in [-0.25, -0.2) is 14.4 Å². The Morgan fingerprint density at radius 2 is 1.65 bits per heavy atom. The molecule has 3 atom stereocenters. The van der Waals surface area contributed by atoms with Crippen LogP contribution >= 0.6 is 34.5 Å². The summed E-state index contributed by atoms with van der Waals surface area (Å²) in [5.74, 6) is -0.732. The van der Waals surface area contributed by atoms with Gasteiger partial charge in [-0.3, -0.25) is 23.9 Å². The number of piperidine rings is 1. The van der Waals surface area contributed by atoms with Crippen LogP contribution in [0.15, 0.2) is 66.6 Å². The van der Waals surface area contributed by atoms with Gasteiger partial charge in [-0.15, -0.1) is 11.3 Å². The highest BCUT2D eigenvalue weighted by atomic mass is 35.5. The van der Waals surface area contributed by atoms with Gasteiger partial charge in [-0.2, -0.15) is 5.10 Å². The van der Waals surface area contributed by atoms with Crippen molar-refractivity contribution in [3.8, 4) is 27.3 Å². The van der Waals surface area contributed by atoms with Crippen LogP contribution in [-0.2, 0) is 32.1 Å². The third-order valence-electron chi connectivity index (χ3n) is 13.5. The number of halogens is 3. The molecule has 0 radical (unpaired) electrons. The molecular weight excluding hydrogens is 981 g/mol. The first-order valence-electron chi connectivity index (χ1n) is 24.8. The lowest BCUT2D eigenvalue weighted by molar-refractivity contribution is -0.144. The Balaban J connectivity index is 0.769. The van der Waals surface area contributed by atoms with Crippen molar-refractivity contribution in [3.05, 3.63) is 99.2 Å². The number of benzene rings is 2. The van der Waals surface area contributed by atoms with Crippen LogP contribution in [-0.4, -0.2) is 103 Å². The van der Waals surface area contributed by atoms with Crippen LogP contribution in [0, 0.1) is 18.2 Å². The number of unbranched alkanes of at least 4 members (excludes halogenated alkanes) is 5. The van der Waals surface area contributed by atoms with Crippen LogP contribution in [0.25, 0.3) is 21.6 Å². The lowest BCUT2D eigenvalue weighted by Crippen LogP contribution is -2.57. The van der Waals surface area contributed by atoms with Crippen LogP contribution in [0.2, 0.25) is 10.0 Å². The van der Waals surface area contributed by atoms with Crippen LogP contribution < -0.4 is 21.1 Å². The minimum atomic E-state index is -0.876. The Hall–Kier alpha value is -5.62. The SMILES string of the molecule is Cc1ncsc1-c1ccc(CNC(=O)[C@@H]2C[C@@H](O)CN2C(=O)[C@@H](NC(=O)CCCCCCCCC(=O)N2CCC(n3cc(-c4cnc(N)c(OCCc5c(Cl)ccc(F)c5Cl)c4)cn3)CC2)C(C)(C)C)cc1. The number of aromatic nitrogens is 4. The molecule has 2 saturated heterocycles. The molecule has 0 saturated carbocycles. The van der Waals surface area contributed by atoms with E-state index < -0.39 is 29.4 Å². The number of nitrogens with two attached hydrogens (primary N) is 1. The van der Waals surface area contributed by atoms with Crippen LogP contribution in [0.1, 0.15) is 114 Å². The average molecular weight is 1050 g/mol. The number of nitrogens with one attached hydrogen (secondary N) is 2. The van der Waals surface area contributed by atoms with Gasteiger partial charge in [0.2, 0.25) is 23.6 Å². The van der Waals surface area contributed by atoms with Crippen molar-refractivity contribution in [1.29, 1.82) is 0 Å². The Morgan fingerprint density at radius 1 is 0.944 bits per heavy atom. The first-order chi connectivity index (χ1) is 34.5. The molecule has 0 aliphatic carbocycles. The summed E-state index contributed by atoms with van der Waals surface area (Å²) in [5.41, 5.74) is 12.3. The van der Waals surface area contributed by atoms with Crippen molar-refractivity contribution >= 4 is 64.0 Å². The quantitative estimate of drug-likeness (QED) is 0.0406. The topological polar surface area (TPSA) is 198 Å². The molecule has 0 spiro atoms. The molecule has 3 aromatic heterocycles. The first kappa shape index (κ1) is 54.2. The second kappa shape index (κ2) is 24.9. The number of β-amino-alcohol motifs (C(OH)–C–C–N with tert-alkyl or cyclic N) is 1. The molecular formula is C53H66Cl2FN9O6S. The lowest BCUT2D eigenvalue weighted by atomic mass is 9.85. The van der Waals surface area contributed by atoms with Gasteiger partial charge in [0.05, 0.1) is 46.1 Å². The highest BCUT2D eigenvalue weighted by molar-refractivity contribution is 7.13. The maximum Gasteiger partial charge on any atom is 0.246 e. The van der Waals surface area contributed by atoms with Crippen LogP contribution in [0.5, 0.6) is 5.75 Å². The predicted molar refractivity (Wildman–Crippen MR) is 279 cm³/mol. The largest absolute Gasteiger partial charge is 0.489 e. The maximum atomic E-state index is 14.0. The number of aliphatic hydroxyl groups is 1. The summed E-state index contributed by atoms with van der Waals surface area (Å²) < 4.78 is 21.8. The number of rotatable bonds is 21. The van der Waals surface area contributed by atoms with E-state index in [1.165, 1.54) is 17.0 Å². The van der Waals surface area contributed by atoms with Crippen molar-refractivity contribution < 1.29 is 33.4 Å². The van der Waals surface area contributed by atoms with E-state index in [0.29, 0.717) is 42.3 Å². The number of anilines is 1. The highest BCUT2D eigenvalue weighted by Crippen LogP contribution is 2.33. The molecule has 5 N–H and O–H groups in total. The molecule has 0 bridgehead atoms. The normalized spacial score (nSPS) is 16.7. The van der Waals surface area contributed by atoms with E-state index >= 15 is 0 Å². The molecule has 5 heterocycles. The Morgan fingerprint density at radius 3 is 2.35 bits per heavy atom. The summed E-state index contributed by atoms with van der Waals surface area (Å²) in [7, 11) is 0. The van der Waals surface area contributed by atoms with E-state index in [9.17, 15) is 28.7 Å². The standard InChI is InChI=1S/C53H66Cl2FN9O6S/c1-33-48(72-32-60-33)35-15-13-34(14-16-35)27-59-51(69)43-26-39(66)31-64(43)52(70)49(53(2,3)4)62-45(67)11-9-7-5-6-8-10-12-46(68)63-22-19-38(20-23-63)65-30-37(29-61-65)36-25-44(50(57)58-28-36)71-24-21-40-41(54)17-18-42(56)47(40)55/h13-18,25,28-30,32,38-39,43,49,66H,5-12,19-24,26-27,31H2,1-4H3,(H2,57,58)(H,59,69)(H,62,67)/t39-,43+,49-/m1/s1.